The van der Waals surface area contributed by atoms with E-state index in [4.69, 9.17) is 10.5 Å². The summed E-state index contributed by atoms with van der Waals surface area (Å²) >= 11 is 0. The van der Waals surface area contributed by atoms with Crippen molar-refractivity contribution < 1.29 is 13.5 Å². The molecule has 0 heterocycles. The van der Waals surface area contributed by atoms with Crippen molar-refractivity contribution in [1.82, 2.24) is 0 Å². The van der Waals surface area contributed by atoms with E-state index in [1.54, 1.807) is 0 Å². The summed E-state index contributed by atoms with van der Waals surface area (Å²) in [5.74, 6) is -0.525. The summed E-state index contributed by atoms with van der Waals surface area (Å²) in [5.41, 5.74) is 5.79. The minimum absolute atomic E-state index is 0.0206. The molecule has 0 bridgehead atoms. The second kappa shape index (κ2) is 4.37. The molecule has 1 aromatic carbocycles. The van der Waals surface area contributed by atoms with Crippen LogP contribution in [0.15, 0.2) is 12.1 Å². The van der Waals surface area contributed by atoms with E-state index in [2.05, 4.69) is 0 Å². The van der Waals surface area contributed by atoms with Gasteiger partial charge in [0.2, 0.25) is 0 Å². The molecule has 0 saturated heterocycles. The first-order chi connectivity index (χ1) is 7.61. The summed E-state index contributed by atoms with van der Waals surface area (Å²) in [4.78, 5) is 0. The van der Waals surface area contributed by atoms with Gasteiger partial charge in [0, 0.05) is 23.7 Å². The van der Waals surface area contributed by atoms with Gasteiger partial charge in [-0.25, -0.2) is 8.78 Å². The second-order valence-electron chi connectivity index (χ2n) is 4.29. The third-order valence-electron chi connectivity index (χ3n) is 2.94. The fourth-order valence-corrected chi connectivity index (χ4v) is 1.86. The average Bonchev–Trinajstić information content (AvgIpc) is 3.00. The molecule has 0 unspecified atom stereocenters. The standard InChI is InChI=1S/C12H15F2NO/c1-16-8-5-9(13)12(10(14)6-8)11(15)4-7-2-3-7/h5-7,11H,2-4,15H2,1H3/t11-/m1/s1. The molecule has 1 aliphatic rings. The van der Waals surface area contributed by atoms with Crippen LogP contribution in [0.1, 0.15) is 30.9 Å². The van der Waals surface area contributed by atoms with Crippen LogP contribution >= 0.6 is 0 Å². The number of halogens is 2. The fraction of sp³-hybridized carbons (Fsp3) is 0.500. The Morgan fingerprint density at radius 3 is 2.38 bits per heavy atom. The van der Waals surface area contributed by atoms with Crippen molar-refractivity contribution in [2.24, 2.45) is 11.7 Å². The molecule has 0 spiro atoms. The lowest BCUT2D eigenvalue weighted by molar-refractivity contribution is 0.402. The lowest BCUT2D eigenvalue weighted by Gasteiger charge is -2.14. The lowest BCUT2D eigenvalue weighted by Crippen LogP contribution is -2.15. The second-order valence-corrected chi connectivity index (χ2v) is 4.29. The Bertz CT molecular complexity index is 368. The smallest absolute Gasteiger partial charge is 0.134 e. The third kappa shape index (κ3) is 2.32. The average molecular weight is 227 g/mol. The van der Waals surface area contributed by atoms with Crippen LogP contribution < -0.4 is 10.5 Å². The highest BCUT2D eigenvalue weighted by molar-refractivity contribution is 5.32. The summed E-state index contributed by atoms with van der Waals surface area (Å²) in [6.45, 7) is 0. The van der Waals surface area contributed by atoms with Crippen molar-refractivity contribution >= 4 is 0 Å². The van der Waals surface area contributed by atoms with Gasteiger partial charge in [-0.15, -0.1) is 0 Å². The van der Waals surface area contributed by atoms with E-state index in [0.717, 1.165) is 12.8 Å². The molecule has 1 aromatic rings. The summed E-state index contributed by atoms with van der Waals surface area (Å²) < 4.78 is 32.0. The number of rotatable bonds is 4. The molecule has 88 valence electrons. The van der Waals surface area contributed by atoms with Gasteiger partial charge in [0.05, 0.1) is 7.11 Å². The van der Waals surface area contributed by atoms with Crippen molar-refractivity contribution in [1.29, 1.82) is 0 Å². The summed E-state index contributed by atoms with van der Waals surface area (Å²) in [7, 11) is 1.37. The first kappa shape index (κ1) is 11.3. The van der Waals surface area contributed by atoms with Crippen LogP contribution in [0.25, 0.3) is 0 Å². The fourth-order valence-electron chi connectivity index (χ4n) is 1.86. The Morgan fingerprint density at radius 2 is 1.94 bits per heavy atom. The predicted octanol–water partition coefficient (Wildman–Crippen LogP) is 2.77. The lowest BCUT2D eigenvalue weighted by atomic mass is 10.0. The van der Waals surface area contributed by atoms with Crippen molar-refractivity contribution in [3.8, 4) is 5.75 Å². The van der Waals surface area contributed by atoms with Gasteiger partial charge in [-0.2, -0.15) is 0 Å². The molecule has 1 fully saturated rings. The summed E-state index contributed by atoms with van der Waals surface area (Å²) in [6.07, 6.45) is 2.89. The van der Waals surface area contributed by atoms with Crippen molar-refractivity contribution in [2.75, 3.05) is 7.11 Å². The Hall–Kier alpha value is -1.16. The molecule has 1 saturated carbocycles. The molecule has 0 aromatic heterocycles. The van der Waals surface area contributed by atoms with Gasteiger partial charge in [-0.1, -0.05) is 12.8 Å². The topological polar surface area (TPSA) is 35.2 Å². The number of hydrogen-bond acceptors (Lipinski definition) is 2. The van der Waals surface area contributed by atoms with Crippen LogP contribution in [-0.4, -0.2) is 7.11 Å². The Morgan fingerprint density at radius 1 is 1.38 bits per heavy atom. The molecule has 1 atom stereocenters. The number of hydrogen-bond donors (Lipinski definition) is 1. The maximum Gasteiger partial charge on any atom is 0.134 e. The van der Waals surface area contributed by atoms with Gasteiger partial charge in [0.1, 0.15) is 17.4 Å². The van der Waals surface area contributed by atoms with E-state index in [9.17, 15) is 8.78 Å². The van der Waals surface area contributed by atoms with Gasteiger partial charge in [0.15, 0.2) is 0 Å². The van der Waals surface area contributed by atoms with Gasteiger partial charge in [-0.3, -0.25) is 0 Å². The molecule has 4 heteroatoms. The minimum atomic E-state index is -0.620. The van der Waals surface area contributed by atoms with Gasteiger partial charge >= 0.3 is 0 Å². The maximum atomic E-state index is 13.6. The summed E-state index contributed by atoms with van der Waals surface area (Å²) in [6, 6.07) is 1.79. The minimum Gasteiger partial charge on any atom is -0.497 e. The van der Waals surface area contributed by atoms with Crippen LogP contribution in [0.2, 0.25) is 0 Å². The van der Waals surface area contributed by atoms with E-state index >= 15 is 0 Å². The zero-order valence-corrected chi connectivity index (χ0v) is 9.17. The SMILES string of the molecule is COc1cc(F)c([C@H](N)CC2CC2)c(F)c1. The van der Waals surface area contributed by atoms with Crippen LogP contribution in [0.4, 0.5) is 8.78 Å². The largest absolute Gasteiger partial charge is 0.497 e. The quantitative estimate of drug-likeness (QED) is 0.858. The Kier molecular flexibility index (Phi) is 3.10. The van der Waals surface area contributed by atoms with Crippen LogP contribution in [0.5, 0.6) is 5.75 Å². The van der Waals surface area contributed by atoms with Gasteiger partial charge in [0.25, 0.3) is 0 Å². The van der Waals surface area contributed by atoms with Gasteiger partial charge < -0.3 is 10.5 Å². The van der Waals surface area contributed by atoms with Gasteiger partial charge in [-0.05, 0) is 12.3 Å². The zero-order valence-electron chi connectivity index (χ0n) is 9.17. The van der Waals surface area contributed by atoms with Crippen LogP contribution in [0.3, 0.4) is 0 Å². The normalized spacial score (nSPS) is 17.2. The first-order valence-corrected chi connectivity index (χ1v) is 5.40. The zero-order chi connectivity index (χ0) is 11.7. The van der Waals surface area contributed by atoms with E-state index in [1.165, 1.54) is 19.2 Å². The molecule has 0 aliphatic heterocycles. The highest BCUT2D eigenvalue weighted by Crippen LogP contribution is 2.38. The predicted molar refractivity (Wildman–Crippen MR) is 57.2 cm³/mol. The highest BCUT2D eigenvalue weighted by Gasteiger charge is 2.27. The highest BCUT2D eigenvalue weighted by atomic mass is 19.1. The van der Waals surface area contributed by atoms with Crippen LogP contribution in [0, 0.1) is 17.6 Å². The molecule has 0 radical (unpaired) electrons. The molecule has 1 aliphatic carbocycles. The maximum absolute atomic E-state index is 13.6. The monoisotopic (exact) mass is 227 g/mol. The first-order valence-electron chi connectivity index (χ1n) is 5.40. The van der Waals surface area contributed by atoms with E-state index in [-0.39, 0.29) is 11.3 Å². The molecule has 2 N–H and O–H groups in total. The van der Waals surface area contributed by atoms with E-state index in [1.807, 2.05) is 0 Å². The third-order valence-corrected chi connectivity index (χ3v) is 2.94. The van der Waals surface area contributed by atoms with Crippen LogP contribution in [-0.2, 0) is 0 Å². The number of benzene rings is 1. The van der Waals surface area contributed by atoms with Crippen molar-refractivity contribution in [2.45, 2.75) is 25.3 Å². The molecular formula is C12H15F2NO. The molecule has 2 nitrogen and oxygen atoms in total. The van der Waals surface area contributed by atoms with Crippen molar-refractivity contribution in [3.63, 3.8) is 0 Å². The number of methoxy groups -OCH3 is 1. The van der Waals surface area contributed by atoms with E-state index < -0.39 is 17.7 Å². The molecule has 16 heavy (non-hydrogen) atoms. The van der Waals surface area contributed by atoms with E-state index in [0.29, 0.717) is 12.3 Å². The Labute approximate surface area is 93.4 Å². The number of nitrogens with two attached hydrogens (primary N) is 1. The summed E-state index contributed by atoms with van der Waals surface area (Å²) in [5, 5.41) is 0. The molecule has 2 rings (SSSR count). The Balaban J connectivity index is 2.24. The molecular weight excluding hydrogens is 212 g/mol. The molecule has 0 amide bonds. The van der Waals surface area contributed by atoms with Crippen molar-refractivity contribution in [3.05, 3.63) is 29.3 Å². The number of ether oxygens (including phenoxy) is 1.